The van der Waals surface area contributed by atoms with Crippen molar-refractivity contribution in [1.29, 1.82) is 0 Å². The Morgan fingerprint density at radius 3 is 1.95 bits per heavy atom. The quantitative estimate of drug-likeness (QED) is 0.257. The molecule has 4 nitrogen and oxygen atoms in total. The molecule has 0 N–H and O–H groups in total. The van der Waals surface area contributed by atoms with Gasteiger partial charge in [0.25, 0.3) is 11.8 Å². The Kier molecular flexibility index (Phi) is 6.53. The average Bonchev–Trinajstić information content (AvgIpc) is 3.46. The minimum atomic E-state index is -0.209. The Bertz CT molecular complexity index is 2040. The van der Waals surface area contributed by atoms with Crippen molar-refractivity contribution >= 4 is 66.2 Å². The number of allylic oxidation sites excluding steroid dienone is 6. The predicted octanol–water partition coefficient (Wildman–Crippen LogP) is 9.16. The highest BCUT2D eigenvalue weighted by Crippen LogP contribution is 2.54. The summed E-state index contributed by atoms with van der Waals surface area (Å²) >= 11 is 7.30. The van der Waals surface area contributed by atoms with Gasteiger partial charge in [-0.15, -0.1) is 0 Å². The predicted molar refractivity (Wildman–Crippen MR) is 180 cm³/mol. The van der Waals surface area contributed by atoms with E-state index in [-0.39, 0.29) is 11.8 Å². The van der Waals surface area contributed by atoms with Gasteiger partial charge in [-0.1, -0.05) is 93.1 Å². The highest BCUT2D eigenvalue weighted by Gasteiger charge is 2.51. The fourth-order valence-corrected chi connectivity index (χ4v) is 7.14. The molecule has 6 heteroatoms. The van der Waals surface area contributed by atoms with Gasteiger partial charge in [-0.3, -0.25) is 19.4 Å². The highest BCUT2D eigenvalue weighted by atomic mass is 79.9. The molecule has 3 aromatic carbocycles. The molecule has 3 aromatic rings. The first-order valence-electron chi connectivity index (χ1n) is 14.0. The van der Waals surface area contributed by atoms with Crippen molar-refractivity contribution < 1.29 is 9.59 Å². The monoisotopic (exact) mass is 688 g/mol. The second kappa shape index (κ2) is 10.2. The zero-order valence-corrected chi connectivity index (χ0v) is 27.0. The molecule has 210 valence electrons. The number of fused-ring (bicyclic) bond motifs is 7. The van der Waals surface area contributed by atoms with Crippen LogP contribution in [0.5, 0.6) is 0 Å². The van der Waals surface area contributed by atoms with E-state index < -0.39 is 0 Å². The van der Waals surface area contributed by atoms with Gasteiger partial charge in [0.2, 0.25) is 0 Å². The second-order valence-electron chi connectivity index (χ2n) is 10.9. The molecule has 0 saturated heterocycles. The number of rotatable bonds is 4. The van der Waals surface area contributed by atoms with Gasteiger partial charge in [-0.05, 0) is 78.4 Å². The topological polar surface area (TPSA) is 40.6 Å². The minimum Gasteiger partial charge on any atom is -0.282 e. The van der Waals surface area contributed by atoms with Crippen LogP contribution in [0.4, 0.5) is 0 Å². The van der Waals surface area contributed by atoms with Crippen molar-refractivity contribution in [2.45, 2.75) is 20.8 Å². The maximum absolute atomic E-state index is 14.5. The van der Waals surface area contributed by atoms with E-state index >= 15 is 0 Å². The van der Waals surface area contributed by atoms with Gasteiger partial charge < -0.3 is 0 Å². The first-order valence-corrected chi connectivity index (χ1v) is 15.6. The Morgan fingerprint density at radius 2 is 1.35 bits per heavy atom. The smallest absolute Gasteiger partial charge is 0.265 e. The molecule has 0 saturated carbocycles. The van der Waals surface area contributed by atoms with Gasteiger partial charge in [0.1, 0.15) is 0 Å². The van der Waals surface area contributed by atoms with Gasteiger partial charge >= 0.3 is 0 Å². The molecule has 0 radical (unpaired) electrons. The highest BCUT2D eigenvalue weighted by molar-refractivity contribution is 9.10. The van der Waals surface area contributed by atoms with E-state index in [2.05, 4.69) is 69.6 Å². The molecule has 2 amide bonds. The Balaban J connectivity index is 1.52. The van der Waals surface area contributed by atoms with Crippen LogP contribution in [-0.4, -0.2) is 21.6 Å². The van der Waals surface area contributed by atoms with Crippen LogP contribution in [0.25, 0.3) is 22.5 Å². The number of halogens is 2. The van der Waals surface area contributed by atoms with E-state index in [1.807, 2.05) is 80.9 Å². The van der Waals surface area contributed by atoms with Crippen LogP contribution in [0.15, 0.2) is 129 Å². The maximum atomic E-state index is 14.5. The molecule has 0 fully saturated rings. The van der Waals surface area contributed by atoms with Crippen LogP contribution >= 0.6 is 31.9 Å². The third kappa shape index (κ3) is 4.00. The molecule has 7 rings (SSSR count). The summed E-state index contributed by atoms with van der Waals surface area (Å²) in [7, 11) is 0. The number of aryl methyl sites for hydroxylation is 1. The number of hydrogen-bond acceptors (Lipinski definition) is 2. The van der Waals surface area contributed by atoms with Crippen LogP contribution in [0.1, 0.15) is 47.2 Å². The molecule has 4 aliphatic heterocycles. The van der Waals surface area contributed by atoms with Gasteiger partial charge in [0.15, 0.2) is 0 Å². The molecule has 0 aliphatic carbocycles. The fourth-order valence-electron chi connectivity index (χ4n) is 6.42. The van der Waals surface area contributed by atoms with Crippen molar-refractivity contribution in [2.75, 3.05) is 0 Å². The van der Waals surface area contributed by atoms with E-state index in [0.717, 1.165) is 64.6 Å². The zero-order chi connectivity index (χ0) is 30.2. The van der Waals surface area contributed by atoms with E-state index in [1.54, 1.807) is 9.80 Å². The van der Waals surface area contributed by atoms with Crippen LogP contribution < -0.4 is 0 Å². The molecule has 0 spiro atoms. The Labute approximate surface area is 267 Å². The largest absolute Gasteiger partial charge is 0.282 e. The molecule has 0 bridgehead atoms. The first-order chi connectivity index (χ1) is 20.7. The standard InChI is InChI=1S/C37H26Br2N2O2/c1-5-9-24(20(3)6-2)30-18-40-34(26-14-12-22(38)16-28(26)30)32-33(36(40)42)35-27-15-13-23(39)17-29(27)31(19-41(35)37(32)43)25-11-8-7-10-21(25)4/h5-19H,2H2,1,3-4H3/b9-5-,24-20+. The van der Waals surface area contributed by atoms with Gasteiger partial charge in [-0.2, -0.15) is 0 Å². The fraction of sp³-hybridized carbons (Fsp3) is 0.0811. The van der Waals surface area contributed by atoms with E-state index in [4.69, 9.17) is 0 Å². The lowest BCUT2D eigenvalue weighted by Gasteiger charge is -2.31. The minimum absolute atomic E-state index is 0.201. The molecular formula is C37H26Br2N2O2. The summed E-state index contributed by atoms with van der Waals surface area (Å²) in [6.07, 6.45) is 9.62. The van der Waals surface area contributed by atoms with Gasteiger partial charge in [0, 0.05) is 43.6 Å². The van der Waals surface area contributed by atoms with Crippen LogP contribution in [0.2, 0.25) is 0 Å². The third-order valence-electron chi connectivity index (χ3n) is 8.43. The normalized spacial score (nSPS) is 17.4. The zero-order valence-electron chi connectivity index (χ0n) is 23.8. The number of carbonyl (C=O) groups is 2. The lowest BCUT2D eigenvalue weighted by molar-refractivity contribution is -0.122. The van der Waals surface area contributed by atoms with Crippen molar-refractivity contribution in [3.8, 4) is 0 Å². The Morgan fingerprint density at radius 1 is 0.767 bits per heavy atom. The van der Waals surface area contributed by atoms with Gasteiger partial charge in [-0.25, -0.2) is 0 Å². The maximum Gasteiger partial charge on any atom is 0.265 e. The molecule has 0 aromatic heterocycles. The summed E-state index contributed by atoms with van der Waals surface area (Å²) in [6, 6.07) is 20.2. The Hall–Kier alpha value is -4.26. The second-order valence-corrected chi connectivity index (χ2v) is 12.7. The van der Waals surface area contributed by atoms with E-state index in [1.165, 1.54) is 0 Å². The van der Waals surface area contributed by atoms with Gasteiger partial charge in [0.05, 0.1) is 22.5 Å². The summed E-state index contributed by atoms with van der Waals surface area (Å²) in [5, 5.41) is 0. The van der Waals surface area contributed by atoms with Crippen molar-refractivity contribution in [1.82, 2.24) is 9.80 Å². The summed E-state index contributed by atoms with van der Waals surface area (Å²) in [5.41, 5.74) is 11.7. The van der Waals surface area contributed by atoms with Crippen molar-refractivity contribution in [3.63, 3.8) is 0 Å². The number of benzene rings is 3. The lowest BCUT2D eigenvalue weighted by Crippen LogP contribution is -2.28. The van der Waals surface area contributed by atoms with E-state index in [0.29, 0.717) is 22.5 Å². The lowest BCUT2D eigenvalue weighted by atomic mass is 9.87. The van der Waals surface area contributed by atoms with Crippen LogP contribution in [-0.2, 0) is 9.59 Å². The van der Waals surface area contributed by atoms with Crippen molar-refractivity contribution in [3.05, 3.63) is 162 Å². The number of amides is 2. The summed E-state index contributed by atoms with van der Waals surface area (Å²) in [6.45, 7) is 10.0. The first kappa shape index (κ1) is 27.6. The van der Waals surface area contributed by atoms with Crippen LogP contribution in [0, 0.1) is 6.92 Å². The molecule has 4 aliphatic rings. The number of nitrogens with zero attached hydrogens (tertiary/aromatic N) is 2. The molecule has 4 heterocycles. The average molecular weight is 690 g/mol. The third-order valence-corrected chi connectivity index (χ3v) is 9.42. The number of hydrogen-bond donors (Lipinski definition) is 0. The van der Waals surface area contributed by atoms with Crippen LogP contribution in [0.3, 0.4) is 0 Å². The molecule has 0 atom stereocenters. The summed E-state index contributed by atoms with van der Waals surface area (Å²) in [4.78, 5) is 32.2. The van der Waals surface area contributed by atoms with E-state index in [9.17, 15) is 9.59 Å². The number of carbonyl (C=O) groups excluding carboxylic acids is 2. The summed E-state index contributed by atoms with van der Waals surface area (Å²) in [5.74, 6) is -0.410. The SMILES string of the molecule is C=C/C(C)=C(\C=C/C)C1=CN2C(=O)C3=C4c5ccc(Br)cc5C(c5ccccc5C)=CN4C(=O)C3=C2c2ccc(Br)cc21. The molecule has 43 heavy (non-hydrogen) atoms. The van der Waals surface area contributed by atoms with Crippen molar-refractivity contribution in [2.24, 2.45) is 0 Å². The molecule has 0 unspecified atom stereocenters. The molecular weight excluding hydrogens is 664 g/mol. The summed E-state index contributed by atoms with van der Waals surface area (Å²) < 4.78 is 1.84.